The van der Waals surface area contributed by atoms with Gasteiger partial charge in [-0.3, -0.25) is 9.59 Å². The molecule has 1 fully saturated rings. The predicted molar refractivity (Wildman–Crippen MR) is 106 cm³/mol. The Bertz CT molecular complexity index is 546. The summed E-state index contributed by atoms with van der Waals surface area (Å²) in [5, 5.41) is 6.00. The van der Waals surface area contributed by atoms with E-state index >= 15 is 0 Å². The van der Waals surface area contributed by atoms with Crippen molar-refractivity contribution in [2.75, 3.05) is 33.2 Å². The monoisotopic (exact) mass is 431 g/mol. The minimum Gasteiger partial charge on any atom is -0.352 e. The number of likely N-dealkylation sites (tertiary alicyclic amines) is 1. The third-order valence-electron chi connectivity index (χ3n) is 4.50. The Morgan fingerprint density at radius 2 is 1.80 bits per heavy atom. The summed E-state index contributed by atoms with van der Waals surface area (Å²) in [5.74, 6) is 0.720. The second-order valence-electron chi connectivity index (χ2n) is 6.23. The van der Waals surface area contributed by atoms with E-state index in [0.29, 0.717) is 18.5 Å². The summed E-state index contributed by atoms with van der Waals surface area (Å²) in [5.41, 5.74) is 0.607. The summed E-state index contributed by atoms with van der Waals surface area (Å²) in [6.07, 6.45) is 3.71. The molecule has 2 amide bonds. The Balaban J connectivity index is 0.00000312. The van der Waals surface area contributed by atoms with E-state index in [0.717, 1.165) is 42.9 Å². The lowest BCUT2D eigenvalue weighted by atomic mass is 9.93. The number of piperidine rings is 1. The average Bonchev–Trinajstić information content (AvgIpc) is 2.60. The zero-order valence-corrected chi connectivity index (χ0v) is 17.0. The normalized spacial score (nSPS) is 14.7. The maximum atomic E-state index is 12.2. The largest absolute Gasteiger partial charge is 0.352 e. The van der Waals surface area contributed by atoms with E-state index in [-0.39, 0.29) is 24.2 Å². The summed E-state index contributed by atoms with van der Waals surface area (Å²) in [6.45, 7) is 3.11. The van der Waals surface area contributed by atoms with Crippen LogP contribution in [0.5, 0.6) is 0 Å². The molecule has 1 aromatic carbocycles. The first-order chi connectivity index (χ1) is 11.6. The first kappa shape index (κ1) is 21.9. The lowest BCUT2D eigenvalue weighted by Crippen LogP contribution is -2.40. The van der Waals surface area contributed by atoms with Crippen molar-refractivity contribution in [1.29, 1.82) is 0 Å². The number of halogens is 2. The molecular weight excluding hydrogens is 406 g/mol. The van der Waals surface area contributed by atoms with Crippen LogP contribution < -0.4 is 10.6 Å². The van der Waals surface area contributed by atoms with Gasteiger partial charge < -0.3 is 15.5 Å². The number of hydrogen-bond acceptors (Lipinski definition) is 3. The number of carbonyl (C=O) groups is 2. The maximum absolute atomic E-state index is 12.2. The summed E-state index contributed by atoms with van der Waals surface area (Å²) in [6, 6.07) is 7.19. The minimum absolute atomic E-state index is 0. The van der Waals surface area contributed by atoms with E-state index in [4.69, 9.17) is 0 Å². The molecule has 1 aliphatic rings. The standard InChI is InChI=1S/C18H26BrN3O2.ClH/c1-20-10-6-14-8-12-22(13-9-14)17(23)7-11-21-18(24)15-2-4-16(19)5-3-15;/h2-5,14,20H,6-13H2,1H3,(H,21,24);1H. The van der Waals surface area contributed by atoms with Crippen LogP contribution in [0.3, 0.4) is 0 Å². The average molecular weight is 433 g/mol. The van der Waals surface area contributed by atoms with Crippen molar-refractivity contribution in [2.45, 2.75) is 25.7 Å². The van der Waals surface area contributed by atoms with E-state index in [9.17, 15) is 9.59 Å². The van der Waals surface area contributed by atoms with Crippen LogP contribution in [-0.4, -0.2) is 49.9 Å². The first-order valence-corrected chi connectivity index (χ1v) is 9.35. The van der Waals surface area contributed by atoms with Gasteiger partial charge in [0, 0.05) is 36.1 Å². The van der Waals surface area contributed by atoms with Crippen molar-refractivity contribution < 1.29 is 9.59 Å². The van der Waals surface area contributed by atoms with Gasteiger partial charge in [0.2, 0.25) is 5.91 Å². The molecule has 2 N–H and O–H groups in total. The van der Waals surface area contributed by atoms with Crippen LogP contribution in [0.25, 0.3) is 0 Å². The molecule has 0 radical (unpaired) electrons. The molecule has 1 aliphatic heterocycles. The molecule has 1 aromatic rings. The van der Waals surface area contributed by atoms with E-state index in [1.165, 1.54) is 6.42 Å². The third kappa shape index (κ3) is 7.34. The molecule has 140 valence electrons. The van der Waals surface area contributed by atoms with Gasteiger partial charge in [0.25, 0.3) is 5.91 Å². The second kappa shape index (κ2) is 11.5. The van der Waals surface area contributed by atoms with E-state index < -0.39 is 0 Å². The lowest BCUT2D eigenvalue weighted by molar-refractivity contribution is -0.132. The van der Waals surface area contributed by atoms with Gasteiger partial charge in [0.05, 0.1) is 0 Å². The fraction of sp³-hybridized carbons (Fsp3) is 0.556. The van der Waals surface area contributed by atoms with Crippen molar-refractivity contribution >= 4 is 40.2 Å². The third-order valence-corrected chi connectivity index (χ3v) is 5.03. The first-order valence-electron chi connectivity index (χ1n) is 8.56. The molecule has 0 aliphatic carbocycles. The molecule has 1 heterocycles. The van der Waals surface area contributed by atoms with E-state index in [1.807, 2.05) is 24.1 Å². The maximum Gasteiger partial charge on any atom is 0.251 e. The number of rotatable bonds is 7. The predicted octanol–water partition coefficient (Wildman–Crippen LogP) is 2.84. The topological polar surface area (TPSA) is 61.4 Å². The van der Waals surface area contributed by atoms with Gasteiger partial charge in [-0.1, -0.05) is 15.9 Å². The number of nitrogens with one attached hydrogen (secondary N) is 2. The van der Waals surface area contributed by atoms with Crippen molar-refractivity contribution in [3.05, 3.63) is 34.3 Å². The van der Waals surface area contributed by atoms with E-state index in [2.05, 4.69) is 26.6 Å². The Hall–Kier alpha value is -1.11. The molecule has 0 bridgehead atoms. The van der Waals surface area contributed by atoms with Crippen LogP contribution in [0.1, 0.15) is 36.0 Å². The van der Waals surface area contributed by atoms with Crippen LogP contribution in [0.15, 0.2) is 28.7 Å². The van der Waals surface area contributed by atoms with Gasteiger partial charge >= 0.3 is 0 Å². The number of hydrogen-bond donors (Lipinski definition) is 2. The van der Waals surface area contributed by atoms with Crippen LogP contribution >= 0.6 is 28.3 Å². The number of amides is 2. The smallest absolute Gasteiger partial charge is 0.251 e. The Morgan fingerprint density at radius 3 is 2.40 bits per heavy atom. The Morgan fingerprint density at radius 1 is 1.16 bits per heavy atom. The quantitative estimate of drug-likeness (QED) is 0.696. The zero-order valence-electron chi connectivity index (χ0n) is 14.6. The highest BCUT2D eigenvalue weighted by Crippen LogP contribution is 2.20. The SMILES string of the molecule is CNCCC1CCN(C(=O)CCNC(=O)c2ccc(Br)cc2)CC1.Cl. The van der Waals surface area contributed by atoms with Crippen LogP contribution in [0.4, 0.5) is 0 Å². The van der Waals surface area contributed by atoms with Crippen molar-refractivity contribution in [1.82, 2.24) is 15.5 Å². The van der Waals surface area contributed by atoms with Gasteiger partial charge in [-0.15, -0.1) is 12.4 Å². The highest BCUT2D eigenvalue weighted by atomic mass is 79.9. The van der Waals surface area contributed by atoms with Gasteiger partial charge in [-0.2, -0.15) is 0 Å². The Labute approximate surface area is 164 Å². The molecular formula is C18H27BrClN3O2. The fourth-order valence-corrected chi connectivity index (χ4v) is 3.23. The molecule has 0 saturated carbocycles. The summed E-state index contributed by atoms with van der Waals surface area (Å²) >= 11 is 3.34. The number of carbonyl (C=O) groups excluding carboxylic acids is 2. The molecule has 5 nitrogen and oxygen atoms in total. The number of nitrogens with zero attached hydrogens (tertiary/aromatic N) is 1. The van der Waals surface area contributed by atoms with Crippen LogP contribution in [0, 0.1) is 5.92 Å². The highest BCUT2D eigenvalue weighted by Gasteiger charge is 2.22. The van der Waals surface area contributed by atoms with E-state index in [1.54, 1.807) is 12.1 Å². The fourth-order valence-electron chi connectivity index (χ4n) is 2.96. The highest BCUT2D eigenvalue weighted by molar-refractivity contribution is 9.10. The summed E-state index contributed by atoms with van der Waals surface area (Å²) in [4.78, 5) is 26.2. The molecule has 0 spiro atoms. The summed E-state index contributed by atoms with van der Waals surface area (Å²) < 4.78 is 0.937. The van der Waals surface area contributed by atoms with Crippen LogP contribution in [0.2, 0.25) is 0 Å². The van der Waals surface area contributed by atoms with Crippen molar-refractivity contribution in [3.63, 3.8) is 0 Å². The summed E-state index contributed by atoms with van der Waals surface area (Å²) in [7, 11) is 1.97. The molecule has 0 unspecified atom stereocenters. The van der Waals surface area contributed by atoms with Gasteiger partial charge in [0.15, 0.2) is 0 Å². The zero-order chi connectivity index (χ0) is 17.4. The molecule has 7 heteroatoms. The molecule has 25 heavy (non-hydrogen) atoms. The molecule has 0 atom stereocenters. The lowest BCUT2D eigenvalue weighted by Gasteiger charge is -2.32. The van der Waals surface area contributed by atoms with Gasteiger partial charge in [0.1, 0.15) is 0 Å². The number of benzene rings is 1. The molecule has 2 rings (SSSR count). The van der Waals surface area contributed by atoms with Crippen molar-refractivity contribution in [2.24, 2.45) is 5.92 Å². The van der Waals surface area contributed by atoms with Gasteiger partial charge in [-0.25, -0.2) is 0 Å². The Kier molecular flexibility index (Phi) is 10.1. The van der Waals surface area contributed by atoms with Gasteiger partial charge in [-0.05, 0) is 63.0 Å². The molecule has 0 aromatic heterocycles. The van der Waals surface area contributed by atoms with Crippen molar-refractivity contribution in [3.8, 4) is 0 Å². The van der Waals surface area contributed by atoms with Crippen LogP contribution in [-0.2, 0) is 4.79 Å². The minimum atomic E-state index is -0.138. The second-order valence-corrected chi connectivity index (χ2v) is 7.14. The molecule has 1 saturated heterocycles.